The Hall–Kier alpha value is -4.35. The Labute approximate surface area is 314 Å². The van der Waals surface area contributed by atoms with Gasteiger partial charge in [0.2, 0.25) is 0 Å². The Morgan fingerprint density at radius 3 is 2.56 bits per heavy atom. The Balaban J connectivity index is 1.12. The van der Waals surface area contributed by atoms with Crippen LogP contribution < -0.4 is 15.2 Å². The first-order valence-corrected chi connectivity index (χ1v) is 18.7. The summed E-state index contributed by atoms with van der Waals surface area (Å²) in [5.41, 5.74) is 12.5. The maximum absolute atomic E-state index is 13.3. The van der Waals surface area contributed by atoms with Crippen LogP contribution in [0.4, 0.5) is 4.79 Å². The fraction of sp³-hybridized carbons (Fsp3) is 0.357. The molecule has 3 N–H and O–H groups in total. The van der Waals surface area contributed by atoms with Crippen molar-refractivity contribution in [3.63, 3.8) is 0 Å². The molecule has 9 nitrogen and oxygen atoms in total. The third kappa shape index (κ3) is 9.35. The monoisotopic (exact) mass is 769 g/mol. The van der Waals surface area contributed by atoms with Crippen molar-refractivity contribution in [3.8, 4) is 11.5 Å². The predicted octanol–water partition coefficient (Wildman–Crippen LogP) is 8.83. The number of piperidine rings is 1. The minimum Gasteiger partial charge on any atom is -0.496 e. The average Bonchev–Trinajstić information content (AvgIpc) is 3.57. The van der Waals surface area contributed by atoms with Crippen LogP contribution >= 0.6 is 15.9 Å². The summed E-state index contributed by atoms with van der Waals surface area (Å²) >= 11 is 3.86. The summed E-state index contributed by atoms with van der Waals surface area (Å²) in [6, 6.07) is 30.1. The molecule has 3 unspecified atom stereocenters. The molecular weight excluding hydrogens is 722 g/mol. The van der Waals surface area contributed by atoms with Gasteiger partial charge in [-0.2, -0.15) is 0 Å². The van der Waals surface area contributed by atoms with Crippen LogP contribution in [0.25, 0.3) is 10.9 Å². The van der Waals surface area contributed by atoms with Crippen LogP contribution in [0, 0.1) is 6.92 Å². The summed E-state index contributed by atoms with van der Waals surface area (Å²) in [6.45, 7) is 5.34. The van der Waals surface area contributed by atoms with Gasteiger partial charge < -0.3 is 39.3 Å². The van der Waals surface area contributed by atoms with E-state index >= 15 is 0 Å². The molecule has 0 radical (unpaired) electrons. The lowest BCUT2D eigenvalue weighted by molar-refractivity contribution is -0.0619. The molecule has 6 rings (SSSR count). The number of nitrogens with zero attached hydrogens (tertiary/aromatic N) is 1. The van der Waals surface area contributed by atoms with E-state index in [2.05, 4.69) is 52.1 Å². The largest absolute Gasteiger partial charge is 0.496 e. The van der Waals surface area contributed by atoms with E-state index in [9.17, 15) is 4.79 Å². The molecule has 4 aromatic carbocycles. The molecule has 10 heteroatoms. The van der Waals surface area contributed by atoms with Crippen molar-refractivity contribution in [1.29, 1.82) is 0 Å². The number of benzene rings is 4. The fourth-order valence-electron chi connectivity index (χ4n) is 6.81. The quantitative estimate of drug-likeness (QED) is 0.0966. The number of likely N-dealkylation sites (tertiary alicyclic amines) is 1. The molecule has 274 valence electrons. The molecule has 2 heterocycles. The number of fused-ring (bicyclic) bond motifs is 1. The average molecular weight is 771 g/mol. The van der Waals surface area contributed by atoms with E-state index in [1.807, 2.05) is 72.9 Å². The number of carbonyl (C=O) groups excluding carboxylic acids is 1. The highest BCUT2D eigenvalue weighted by Crippen LogP contribution is 2.39. The number of H-pyrrole nitrogens is 1. The number of para-hydroxylation sites is 1. The zero-order chi connectivity index (χ0) is 36.3. The summed E-state index contributed by atoms with van der Waals surface area (Å²) in [7, 11) is 1.67. The van der Waals surface area contributed by atoms with Gasteiger partial charge >= 0.3 is 6.09 Å². The molecule has 0 saturated carbocycles. The number of nitrogens with two attached hydrogens (primary N) is 1. The van der Waals surface area contributed by atoms with Crippen molar-refractivity contribution in [1.82, 2.24) is 9.88 Å². The van der Waals surface area contributed by atoms with Gasteiger partial charge in [0.1, 0.15) is 18.1 Å². The Morgan fingerprint density at radius 2 is 1.77 bits per heavy atom. The summed E-state index contributed by atoms with van der Waals surface area (Å²) in [5, 5.41) is 1.16. The minimum absolute atomic E-state index is 0.0473. The highest BCUT2D eigenvalue weighted by molar-refractivity contribution is 9.10. The first kappa shape index (κ1) is 37.4. The third-order valence-electron chi connectivity index (χ3n) is 9.63. The third-order valence-corrected chi connectivity index (χ3v) is 10.5. The number of rotatable bonds is 16. The first-order chi connectivity index (χ1) is 25.4. The zero-order valence-electron chi connectivity index (χ0n) is 29.9. The van der Waals surface area contributed by atoms with Crippen molar-refractivity contribution in [2.45, 2.75) is 57.5 Å². The van der Waals surface area contributed by atoms with E-state index in [-0.39, 0.29) is 30.8 Å². The van der Waals surface area contributed by atoms with Crippen LogP contribution in [0.15, 0.2) is 102 Å². The van der Waals surface area contributed by atoms with Crippen LogP contribution in [-0.4, -0.2) is 62.0 Å². The molecule has 1 amide bonds. The lowest BCUT2D eigenvalue weighted by Gasteiger charge is -2.40. The standard InChI is InChI=1S/C42H48BrN3O6/c1-29-25-45-41-34(29)17-18-36(40(41)43)38(19-21-44)52-39-26-46(42(47)51-27-30-9-4-3-5-10-30)22-20-35(39)31-13-15-33(16-14-31)50-24-8-23-49-28-32-11-6-7-12-37(32)48-2/h3-7,9-18,25,35,38-39,45H,8,19-24,26-28,44H2,1-2H3. The molecule has 1 aliphatic heterocycles. The number of methoxy groups -OCH3 is 1. The maximum Gasteiger partial charge on any atom is 0.410 e. The highest BCUT2D eigenvalue weighted by atomic mass is 79.9. The second-order valence-corrected chi connectivity index (χ2v) is 13.9. The van der Waals surface area contributed by atoms with Gasteiger partial charge in [-0.1, -0.05) is 72.8 Å². The number of aromatic amines is 1. The first-order valence-electron chi connectivity index (χ1n) is 17.9. The van der Waals surface area contributed by atoms with Crippen LogP contribution in [0.1, 0.15) is 59.1 Å². The molecule has 0 bridgehead atoms. The topological polar surface area (TPSA) is 108 Å². The van der Waals surface area contributed by atoms with Gasteiger partial charge in [0, 0.05) is 40.5 Å². The summed E-state index contributed by atoms with van der Waals surface area (Å²) in [6.07, 6.45) is 3.20. The number of hydrogen-bond acceptors (Lipinski definition) is 7. The molecule has 1 fully saturated rings. The van der Waals surface area contributed by atoms with Gasteiger partial charge in [-0.25, -0.2) is 4.79 Å². The molecule has 3 atom stereocenters. The van der Waals surface area contributed by atoms with Crippen molar-refractivity contribution in [2.75, 3.05) is 40.0 Å². The zero-order valence-corrected chi connectivity index (χ0v) is 31.5. The molecule has 5 aromatic rings. The highest BCUT2D eigenvalue weighted by Gasteiger charge is 2.36. The van der Waals surface area contributed by atoms with Crippen molar-refractivity contribution < 1.29 is 28.5 Å². The molecule has 0 aliphatic carbocycles. The number of hydrogen-bond donors (Lipinski definition) is 2. The van der Waals surface area contributed by atoms with Crippen LogP contribution in [0.3, 0.4) is 0 Å². The van der Waals surface area contributed by atoms with Crippen molar-refractivity contribution >= 4 is 32.9 Å². The number of aryl methyl sites for hydroxylation is 1. The number of amides is 1. The molecule has 52 heavy (non-hydrogen) atoms. The van der Waals surface area contributed by atoms with E-state index in [0.717, 1.165) is 62.0 Å². The Morgan fingerprint density at radius 1 is 0.981 bits per heavy atom. The molecule has 1 saturated heterocycles. The lowest BCUT2D eigenvalue weighted by Crippen LogP contribution is -2.47. The van der Waals surface area contributed by atoms with Gasteiger partial charge in [-0.3, -0.25) is 0 Å². The smallest absolute Gasteiger partial charge is 0.410 e. The molecule has 1 aromatic heterocycles. The van der Waals surface area contributed by atoms with Crippen molar-refractivity contribution in [3.05, 3.63) is 129 Å². The van der Waals surface area contributed by atoms with Crippen LogP contribution in [-0.2, 0) is 27.4 Å². The van der Waals surface area contributed by atoms with Gasteiger partial charge in [-0.05, 0) is 82.7 Å². The van der Waals surface area contributed by atoms with Gasteiger partial charge in [-0.15, -0.1) is 0 Å². The van der Waals surface area contributed by atoms with E-state index in [0.29, 0.717) is 45.9 Å². The van der Waals surface area contributed by atoms with Crippen LogP contribution in [0.2, 0.25) is 0 Å². The van der Waals surface area contributed by atoms with E-state index in [1.54, 1.807) is 12.0 Å². The van der Waals surface area contributed by atoms with Crippen molar-refractivity contribution in [2.24, 2.45) is 5.73 Å². The SMILES string of the molecule is COc1ccccc1COCCCOc1ccc(C2CCN(C(=O)OCc3ccccc3)CC2OC(CCN)c2ccc3c(C)c[nH]c3c2Br)cc1. The second-order valence-electron chi connectivity index (χ2n) is 13.1. The number of halogens is 1. The summed E-state index contributed by atoms with van der Waals surface area (Å²) in [4.78, 5) is 18.5. The molecule has 0 spiro atoms. The normalized spacial score (nSPS) is 16.5. The summed E-state index contributed by atoms with van der Waals surface area (Å²) < 4.78 is 31.1. The maximum atomic E-state index is 13.3. The van der Waals surface area contributed by atoms with E-state index in [4.69, 9.17) is 29.4 Å². The van der Waals surface area contributed by atoms with E-state index in [1.165, 1.54) is 5.56 Å². The Bertz CT molecular complexity index is 1880. The van der Waals surface area contributed by atoms with E-state index < -0.39 is 0 Å². The second kappa shape index (κ2) is 18.4. The fourth-order valence-corrected chi connectivity index (χ4v) is 7.52. The number of carbonyl (C=O) groups is 1. The number of ether oxygens (including phenoxy) is 5. The summed E-state index contributed by atoms with van der Waals surface area (Å²) in [5.74, 6) is 1.68. The molecular formula is C42H48BrN3O6. The number of aromatic nitrogens is 1. The Kier molecular flexibility index (Phi) is 13.3. The van der Waals surface area contributed by atoms with Gasteiger partial charge in [0.25, 0.3) is 0 Å². The minimum atomic E-state index is -0.341. The predicted molar refractivity (Wildman–Crippen MR) is 207 cm³/mol. The number of nitrogens with one attached hydrogen (secondary N) is 1. The van der Waals surface area contributed by atoms with Gasteiger partial charge in [0.05, 0.1) is 51.2 Å². The van der Waals surface area contributed by atoms with Crippen LogP contribution in [0.5, 0.6) is 11.5 Å². The molecule has 1 aliphatic rings. The van der Waals surface area contributed by atoms with Gasteiger partial charge in [0.15, 0.2) is 0 Å². The lowest BCUT2D eigenvalue weighted by atomic mass is 9.86.